The Morgan fingerprint density at radius 2 is 1.93 bits per heavy atom. The van der Waals surface area contributed by atoms with Crippen molar-refractivity contribution in [2.75, 3.05) is 19.6 Å². The van der Waals surface area contributed by atoms with Gasteiger partial charge in [0.2, 0.25) is 5.91 Å². The third kappa shape index (κ3) is 4.04. The first-order valence-electron chi connectivity index (χ1n) is 9.53. The van der Waals surface area contributed by atoms with Gasteiger partial charge in [0.25, 0.3) is 5.91 Å². The Morgan fingerprint density at radius 1 is 1.10 bits per heavy atom. The summed E-state index contributed by atoms with van der Waals surface area (Å²) in [6, 6.07) is 15.8. The van der Waals surface area contributed by atoms with Gasteiger partial charge in [-0.3, -0.25) is 9.59 Å². The van der Waals surface area contributed by atoms with E-state index in [9.17, 15) is 9.59 Å². The second-order valence-electron chi connectivity index (χ2n) is 6.90. The number of carbonyl (C=O) groups is 2. The predicted molar refractivity (Wildman–Crippen MR) is 118 cm³/mol. The van der Waals surface area contributed by atoms with Crippen molar-refractivity contribution in [3.63, 3.8) is 0 Å². The Balaban J connectivity index is 1.60. The van der Waals surface area contributed by atoms with Crippen molar-refractivity contribution in [1.29, 1.82) is 0 Å². The number of carbonyl (C=O) groups excluding carboxylic acids is 2. The molecule has 4 nitrogen and oxygen atoms in total. The Hall–Kier alpha value is -2.70. The lowest BCUT2D eigenvalue weighted by Gasteiger charge is -2.37. The molecule has 0 N–H and O–H groups in total. The lowest BCUT2D eigenvalue weighted by Crippen LogP contribution is -2.46. The van der Waals surface area contributed by atoms with Crippen LogP contribution in [0.25, 0.3) is 0 Å². The van der Waals surface area contributed by atoms with E-state index in [1.807, 2.05) is 34.5 Å². The fourth-order valence-electron chi connectivity index (χ4n) is 3.77. The molecule has 0 aliphatic carbocycles. The minimum absolute atomic E-state index is 0.0394. The summed E-state index contributed by atoms with van der Waals surface area (Å²) in [6.45, 7) is 4.80. The minimum atomic E-state index is -0.127. The van der Waals surface area contributed by atoms with Crippen LogP contribution in [0.5, 0.6) is 0 Å². The van der Waals surface area contributed by atoms with E-state index in [1.165, 1.54) is 21.8 Å². The van der Waals surface area contributed by atoms with Crippen LogP contribution in [0, 0.1) is 0 Å². The van der Waals surface area contributed by atoms with Gasteiger partial charge >= 0.3 is 0 Å². The van der Waals surface area contributed by atoms with Gasteiger partial charge in [0.05, 0.1) is 10.9 Å². The summed E-state index contributed by atoms with van der Waals surface area (Å²) in [7, 11) is 0. The first-order chi connectivity index (χ1) is 14.2. The molecule has 0 fully saturated rings. The quantitative estimate of drug-likeness (QED) is 0.544. The van der Waals surface area contributed by atoms with E-state index in [0.29, 0.717) is 18.0 Å². The predicted octanol–water partition coefficient (Wildman–Crippen LogP) is 4.61. The van der Waals surface area contributed by atoms with Gasteiger partial charge in [-0.25, -0.2) is 0 Å². The van der Waals surface area contributed by atoms with E-state index in [4.69, 9.17) is 0 Å². The number of fused-ring (bicyclic) bond motifs is 1. The highest BCUT2D eigenvalue weighted by Crippen LogP contribution is 2.37. The van der Waals surface area contributed by atoms with Gasteiger partial charge in [0.1, 0.15) is 6.54 Å². The molecular weight excluding hydrogens is 400 g/mol. The van der Waals surface area contributed by atoms with Gasteiger partial charge in [-0.15, -0.1) is 29.3 Å². The lowest BCUT2D eigenvalue weighted by molar-refractivity contribution is -0.133. The maximum absolute atomic E-state index is 13.4. The van der Waals surface area contributed by atoms with Crippen molar-refractivity contribution in [1.82, 2.24) is 9.80 Å². The highest BCUT2D eigenvalue weighted by Gasteiger charge is 2.33. The first kappa shape index (κ1) is 19.6. The van der Waals surface area contributed by atoms with Gasteiger partial charge in [0.15, 0.2) is 0 Å². The van der Waals surface area contributed by atoms with Crippen molar-refractivity contribution >= 4 is 34.5 Å². The molecule has 3 heterocycles. The van der Waals surface area contributed by atoms with Crippen LogP contribution in [0.15, 0.2) is 71.9 Å². The smallest absolute Gasteiger partial charge is 0.264 e. The summed E-state index contributed by atoms with van der Waals surface area (Å²) in [5.74, 6) is -0.166. The topological polar surface area (TPSA) is 40.6 Å². The highest BCUT2D eigenvalue weighted by atomic mass is 32.1. The molecule has 0 saturated heterocycles. The third-order valence-corrected chi connectivity index (χ3v) is 6.95. The molecule has 1 aromatic carbocycles. The molecule has 29 heavy (non-hydrogen) atoms. The molecule has 1 unspecified atom stereocenters. The second kappa shape index (κ2) is 8.76. The zero-order valence-electron chi connectivity index (χ0n) is 16.0. The van der Waals surface area contributed by atoms with Crippen molar-refractivity contribution < 1.29 is 9.59 Å². The van der Waals surface area contributed by atoms with Crippen LogP contribution in [0.3, 0.4) is 0 Å². The van der Waals surface area contributed by atoms with Crippen LogP contribution in [-0.4, -0.2) is 41.2 Å². The summed E-state index contributed by atoms with van der Waals surface area (Å²) >= 11 is 3.14. The van der Waals surface area contributed by atoms with Gasteiger partial charge in [-0.05, 0) is 40.4 Å². The fraction of sp³-hybridized carbons (Fsp3) is 0.217. The first-order valence-corrected chi connectivity index (χ1v) is 11.3. The number of hydrogen-bond donors (Lipinski definition) is 0. The number of nitrogens with zero attached hydrogens (tertiary/aromatic N) is 2. The Kier molecular flexibility index (Phi) is 5.92. The van der Waals surface area contributed by atoms with Crippen LogP contribution < -0.4 is 0 Å². The molecule has 2 amide bonds. The molecule has 1 aliphatic rings. The monoisotopic (exact) mass is 422 g/mol. The Morgan fingerprint density at radius 3 is 2.66 bits per heavy atom. The SMILES string of the molecule is C=CCN(CC(=O)N1CCc2sccc2C1c1ccccc1)C(=O)c1cccs1. The molecule has 1 aliphatic heterocycles. The lowest BCUT2D eigenvalue weighted by atomic mass is 9.93. The van der Waals surface area contributed by atoms with Gasteiger partial charge in [0, 0.05) is 18.0 Å². The summed E-state index contributed by atoms with van der Waals surface area (Å²) in [6.07, 6.45) is 2.52. The molecule has 6 heteroatoms. The molecule has 148 valence electrons. The minimum Gasteiger partial charge on any atom is -0.330 e. The Bertz CT molecular complexity index is 995. The Labute approximate surface area is 178 Å². The maximum atomic E-state index is 13.4. The summed E-state index contributed by atoms with van der Waals surface area (Å²) in [5, 5.41) is 3.97. The van der Waals surface area contributed by atoms with Gasteiger partial charge < -0.3 is 9.80 Å². The van der Waals surface area contributed by atoms with Crippen LogP contribution >= 0.6 is 22.7 Å². The molecular formula is C23H22N2O2S2. The van der Waals surface area contributed by atoms with Crippen molar-refractivity contribution in [2.24, 2.45) is 0 Å². The van der Waals surface area contributed by atoms with Gasteiger partial charge in [-0.1, -0.05) is 42.5 Å². The summed E-state index contributed by atoms with van der Waals surface area (Å²) in [4.78, 5) is 31.7. The van der Waals surface area contributed by atoms with E-state index in [-0.39, 0.29) is 24.4 Å². The normalized spacial score (nSPS) is 15.6. The van der Waals surface area contributed by atoms with Crippen molar-refractivity contribution in [2.45, 2.75) is 12.5 Å². The summed E-state index contributed by atoms with van der Waals surface area (Å²) < 4.78 is 0. The van der Waals surface area contributed by atoms with E-state index in [2.05, 4.69) is 30.2 Å². The number of amides is 2. The van der Waals surface area contributed by atoms with Crippen LogP contribution in [0.4, 0.5) is 0 Å². The van der Waals surface area contributed by atoms with E-state index < -0.39 is 0 Å². The fourth-order valence-corrected chi connectivity index (χ4v) is 5.36. The molecule has 2 aromatic heterocycles. The second-order valence-corrected chi connectivity index (χ2v) is 8.85. The molecule has 1 atom stereocenters. The van der Waals surface area contributed by atoms with Gasteiger partial charge in [-0.2, -0.15) is 0 Å². The van der Waals surface area contributed by atoms with Crippen LogP contribution in [0.1, 0.15) is 31.7 Å². The average molecular weight is 423 g/mol. The average Bonchev–Trinajstić information content (AvgIpc) is 3.44. The standard InChI is InChI=1S/C23H22N2O2S2/c1-2-12-24(23(27)20-9-6-14-28-20)16-21(26)25-13-10-19-18(11-15-29-19)22(25)17-7-4-3-5-8-17/h2-9,11,14-15,22H,1,10,12-13,16H2. The van der Waals surface area contributed by atoms with E-state index in [0.717, 1.165) is 12.0 Å². The molecule has 0 spiro atoms. The third-order valence-electron chi connectivity index (χ3n) is 5.10. The van der Waals surface area contributed by atoms with E-state index in [1.54, 1.807) is 28.4 Å². The number of rotatable bonds is 6. The largest absolute Gasteiger partial charge is 0.330 e. The van der Waals surface area contributed by atoms with Crippen molar-refractivity contribution in [3.8, 4) is 0 Å². The maximum Gasteiger partial charge on any atom is 0.264 e. The molecule has 3 aromatic rings. The zero-order chi connectivity index (χ0) is 20.2. The highest BCUT2D eigenvalue weighted by molar-refractivity contribution is 7.12. The summed E-state index contributed by atoms with van der Waals surface area (Å²) in [5.41, 5.74) is 2.29. The molecule has 0 bridgehead atoms. The molecule has 0 radical (unpaired) electrons. The molecule has 4 rings (SSSR count). The molecule has 0 saturated carbocycles. The van der Waals surface area contributed by atoms with Crippen LogP contribution in [0.2, 0.25) is 0 Å². The number of thiophene rings is 2. The van der Waals surface area contributed by atoms with Crippen molar-refractivity contribution in [3.05, 3.63) is 92.8 Å². The zero-order valence-corrected chi connectivity index (χ0v) is 17.6. The number of benzene rings is 1. The van der Waals surface area contributed by atoms with Crippen LogP contribution in [-0.2, 0) is 11.2 Å². The number of hydrogen-bond acceptors (Lipinski definition) is 4. The van der Waals surface area contributed by atoms with E-state index >= 15 is 0 Å².